The third-order valence-electron chi connectivity index (χ3n) is 2.98. The highest BCUT2D eigenvalue weighted by Gasteiger charge is 2.09. The van der Waals surface area contributed by atoms with E-state index in [1.807, 2.05) is 6.07 Å². The number of nitrogens with zero attached hydrogens (tertiary/aromatic N) is 2. The zero-order valence-corrected chi connectivity index (χ0v) is 12.6. The molecule has 0 saturated carbocycles. The van der Waals surface area contributed by atoms with Crippen LogP contribution in [0.15, 0.2) is 41.0 Å². The molecule has 104 valence electrons. The maximum atomic E-state index is 10.7. The van der Waals surface area contributed by atoms with E-state index in [0.29, 0.717) is 11.0 Å². The number of halogens is 1. The number of nitro benzene ring substituents is 1. The Kier molecular flexibility index (Phi) is 4.68. The molecule has 0 aliphatic carbocycles. The lowest BCUT2D eigenvalue weighted by molar-refractivity contribution is -0.384. The first-order valence-corrected chi connectivity index (χ1v) is 7.01. The van der Waals surface area contributed by atoms with Crippen LogP contribution in [-0.2, 0) is 13.0 Å². The van der Waals surface area contributed by atoms with E-state index in [4.69, 9.17) is 0 Å². The van der Waals surface area contributed by atoms with Crippen LogP contribution in [0.3, 0.4) is 0 Å². The first-order valence-electron chi connectivity index (χ1n) is 6.22. The summed E-state index contributed by atoms with van der Waals surface area (Å²) in [6, 6.07) is 8.63. The predicted octanol–water partition coefficient (Wildman–Crippen LogP) is 3.93. The van der Waals surface area contributed by atoms with Gasteiger partial charge in [-0.15, -0.1) is 0 Å². The van der Waals surface area contributed by atoms with E-state index in [1.165, 1.54) is 17.7 Å². The summed E-state index contributed by atoms with van der Waals surface area (Å²) in [7, 11) is 0. The van der Waals surface area contributed by atoms with Gasteiger partial charge in [-0.25, -0.2) is 0 Å². The summed E-state index contributed by atoms with van der Waals surface area (Å²) in [5.41, 5.74) is 3.05. The summed E-state index contributed by atoms with van der Waals surface area (Å²) >= 11 is 3.34. The fourth-order valence-corrected chi connectivity index (χ4v) is 2.40. The van der Waals surface area contributed by atoms with Crippen molar-refractivity contribution in [3.63, 3.8) is 0 Å². The molecule has 0 saturated heterocycles. The first-order chi connectivity index (χ1) is 9.61. The van der Waals surface area contributed by atoms with Crippen LogP contribution in [0.1, 0.15) is 18.2 Å². The van der Waals surface area contributed by atoms with Crippen LogP contribution >= 0.6 is 15.9 Å². The highest BCUT2D eigenvalue weighted by Crippen LogP contribution is 2.27. The van der Waals surface area contributed by atoms with Crippen LogP contribution in [0.25, 0.3) is 0 Å². The smallest absolute Gasteiger partial charge is 0.270 e. The van der Waals surface area contributed by atoms with E-state index in [0.717, 1.165) is 17.8 Å². The van der Waals surface area contributed by atoms with Gasteiger partial charge in [0.2, 0.25) is 0 Å². The lowest BCUT2D eigenvalue weighted by Gasteiger charge is -2.10. The van der Waals surface area contributed by atoms with Gasteiger partial charge >= 0.3 is 0 Å². The monoisotopic (exact) mass is 335 g/mol. The Morgan fingerprint density at radius 2 is 2.20 bits per heavy atom. The summed E-state index contributed by atoms with van der Waals surface area (Å²) < 4.78 is 0.667. The molecular formula is C14H14BrN3O2. The number of pyridine rings is 1. The van der Waals surface area contributed by atoms with Gasteiger partial charge in [-0.3, -0.25) is 15.1 Å². The number of rotatable bonds is 5. The summed E-state index contributed by atoms with van der Waals surface area (Å²) in [6.45, 7) is 2.67. The minimum absolute atomic E-state index is 0.0644. The lowest BCUT2D eigenvalue weighted by Crippen LogP contribution is -2.05. The van der Waals surface area contributed by atoms with Crippen molar-refractivity contribution in [3.05, 3.63) is 62.4 Å². The second-order valence-corrected chi connectivity index (χ2v) is 5.09. The number of benzene rings is 1. The summed E-state index contributed by atoms with van der Waals surface area (Å²) in [5, 5.41) is 13.9. The van der Waals surface area contributed by atoms with Crippen molar-refractivity contribution in [2.45, 2.75) is 19.9 Å². The second kappa shape index (κ2) is 6.47. The molecule has 0 radical (unpaired) electrons. The molecule has 2 aromatic rings. The Balaban J connectivity index is 2.13. The summed E-state index contributed by atoms with van der Waals surface area (Å²) in [5.74, 6) is 0. The predicted molar refractivity (Wildman–Crippen MR) is 81.7 cm³/mol. The Morgan fingerprint density at radius 1 is 1.40 bits per heavy atom. The molecule has 1 aromatic heterocycles. The molecule has 1 heterocycles. The highest BCUT2D eigenvalue weighted by atomic mass is 79.9. The van der Waals surface area contributed by atoms with E-state index in [-0.39, 0.29) is 5.69 Å². The molecule has 0 amide bonds. The molecule has 0 unspecified atom stereocenters. The number of nitrogens with one attached hydrogen (secondary N) is 1. The summed E-state index contributed by atoms with van der Waals surface area (Å²) in [6.07, 6.45) is 2.69. The Hall–Kier alpha value is -1.95. The topological polar surface area (TPSA) is 68.1 Å². The molecule has 1 aromatic carbocycles. The molecule has 20 heavy (non-hydrogen) atoms. The number of aromatic nitrogens is 1. The summed E-state index contributed by atoms with van der Waals surface area (Å²) in [4.78, 5) is 14.6. The van der Waals surface area contributed by atoms with Crippen molar-refractivity contribution in [1.82, 2.24) is 4.98 Å². The van der Waals surface area contributed by atoms with Gasteiger partial charge in [0.25, 0.3) is 5.69 Å². The maximum absolute atomic E-state index is 10.7. The van der Waals surface area contributed by atoms with Gasteiger partial charge in [0.15, 0.2) is 0 Å². The SMILES string of the molecule is CCc1cccnc1CNc1ccc([N+](=O)[O-])cc1Br. The molecule has 0 atom stereocenters. The van der Waals surface area contributed by atoms with Gasteiger partial charge < -0.3 is 5.32 Å². The standard InChI is InChI=1S/C14H14BrN3O2/c1-2-10-4-3-7-16-14(10)9-17-13-6-5-11(18(19)20)8-12(13)15/h3-8,17H,2,9H2,1H3. The molecule has 6 heteroatoms. The molecule has 1 N–H and O–H groups in total. The average Bonchev–Trinajstić information content (AvgIpc) is 2.46. The Labute approximate surface area is 125 Å². The number of aryl methyl sites for hydroxylation is 1. The van der Waals surface area contributed by atoms with Crippen LogP contribution in [0.4, 0.5) is 11.4 Å². The van der Waals surface area contributed by atoms with Crippen molar-refractivity contribution in [2.24, 2.45) is 0 Å². The molecule has 0 aliphatic heterocycles. The largest absolute Gasteiger partial charge is 0.378 e. The van der Waals surface area contributed by atoms with Gasteiger partial charge in [0, 0.05) is 28.5 Å². The number of hydrogen-bond acceptors (Lipinski definition) is 4. The minimum atomic E-state index is -0.414. The first kappa shape index (κ1) is 14.5. The van der Waals surface area contributed by atoms with E-state index in [9.17, 15) is 10.1 Å². The molecule has 0 aliphatic rings. The lowest BCUT2D eigenvalue weighted by atomic mass is 10.1. The van der Waals surface area contributed by atoms with Crippen LogP contribution in [-0.4, -0.2) is 9.91 Å². The fraction of sp³-hybridized carbons (Fsp3) is 0.214. The highest BCUT2D eigenvalue weighted by molar-refractivity contribution is 9.10. The van der Waals surface area contributed by atoms with Crippen molar-refractivity contribution in [3.8, 4) is 0 Å². The minimum Gasteiger partial charge on any atom is -0.378 e. The van der Waals surface area contributed by atoms with Gasteiger partial charge in [-0.05, 0) is 40.0 Å². The number of non-ortho nitro benzene ring substituents is 1. The van der Waals surface area contributed by atoms with Crippen molar-refractivity contribution in [2.75, 3.05) is 5.32 Å². The fourth-order valence-electron chi connectivity index (χ4n) is 1.89. The Morgan fingerprint density at radius 3 is 2.85 bits per heavy atom. The third kappa shape index (κ3) is 3.33. The molecular weight excluding hydrogens is 322 g/mol. The van der Waals surface area contributed by atoms with Gasteiger partial charge in [0.1, 0.15) is 0 Å². The van der Waals surface area contributed by atoms with E-state index < -0.39 is 4.92 Å². The van der Waals surface area contributed by atoms with E-state index in [1.54, 1.807) is 12.3 Å². The zero-order valence-electron chi connectivity index (χ0n) is 11.0. The number of hydrogen-bond donors (Lipinski definition) is 1. The maximum Gasteiger partial charge on any atom is 0.270 e. The van der Waals surface area contributed by atoms with Crippen LogP contribution in [0, 0.1) is 10.1 Å². The van der Waals surface area contributed by atoms with Crippen molar-refractivity contribution >= 4 is 27.3 Å². The van der Waals surface area contributed by atoms with E-state index in [2.05, 4.69) is 39.2 Å². The van der Waals surface area contributed by atoms with Crippen LogP contribution in [0.2, 0.25) is 0 Å². The average molecular weight is 336 g/mol. The van der Waals surface area contributed by atoms with Crippen LogP contribution in [0.5, 0.6) is 0 Å². The zero-order chi connectivity index (χ0) is 14.5. The van der Waals surface area contributed by atoms with Gasteiger partial charge in [0.05, 0.1) is 17.2 Å². The quantitative estimate of drug-likeness (QED) is 0.664. The van der Waals surface area contributed by atoms with Gasteiger partial charge in [-0.1, -0.05) is 13.0 Å². The molecule has 0 spiro atoms. The number of anilines is 1. The van der Waals surface area contributed by atoms with E-state index >= 15 is 0 Å². The molecule has 2 rings (SSSR count). The number of nitro groups is 1. The normalized spacial score (nSPS) is 10.3. The van der Waals surface area contributed by atoms with Crippen molar-refractivity contribution < 1.29 is 4.92 Å². The second-order valence-electron chi connectivity index (χ2n) is 4.24. The molecule has 0 bridgehead atoms. The molecule has 5 nitrogen and oxygen atoms in total. The van der Waals surface area contributed by atoms with Crippen LogP contribution < -0.4 is 5.32 Å². The third-order valence-corrected chi connectivity index (χ3v) is 3.63. The Bertz CT molecular complexity index is 632. The van der Waals surface area contributed by atoms with Gasteiger partial charge in [-0.2, -0.15) is 0 Å². The van der Waals surface area contributed by atoms with Crippen molar-refractivity contribution in [1.29, 1.82) is 0 Å². The molecule has 0 fully saturated rings.